The van der Waals surface area contributed by atoms with Gasteiger partial charge in [0, 0.05) is 16.5 Å². The molecule has 3 aromatic rings. The summed E-state index contributed by atoms with van der Waals surface area (Å²) >= 11 is 7.55. The Morgan fingerprint density at radius 2 is 1.84 bits per heavy atom. The Morgan fingerprint density at radius 3 is 2.59 bits per heavy atom. The molecule has 0 fully saturated rings. The summed E-state index contributed by atoms with van der Waals surface area (Å²) in [5.41, 5.74) is 2.54. The van der Waals surface area contributed by atoms with Crippen molar-refractivity contribution >= 4 is 40.9 Å². The lowest BCUT2D eigenvalue weighted by molar-refractivity contribution is -0.128. The number of anilines is 1. The number of para-hydroxylation sites is 1. The first-order valence-electron chi connectivity index (χ1n) is 10.3. The number of halogens is 2. The van der Waals surface area contributed by atoms with Gasteiger partial charge in [-0.15, -0.1) is 11.8 Å². The van der Waals surface area contributed by atoms with Crippen LogP contribution in [0.4, 0.5) is 10.1 Å². The number of carbonyl (C=O) groups excluding carboxylic acids is 2. The van der Waals surface area contributed by atoms with Crippen molar-refractivity contribution in [3.8, 4) is 0 Å². The van der Waals surface area contributed by atoms with Crippen LogP contribution in [0.15, 0.2) is 77.7 Å². The minimum atomic E-state index is -0.558. The highest BCUT2D eigenvalue weighted by molar-refractivity contribution is 8.01. The fourth-order valence-corrected chi connectivity index (χ4v) is 5.12. The third-order valence-corrected chi connectivity index (χ3v) is 7.09. The largest absolute Gasteiger partial charge is 0.352 e. The van der Waals surface area contributed by atoms with Gasteiger partial charge in [-0.25, -0.2) is 4.39 Å². The summed E-state index contributed by atoms with van der Waals surface area (Å²) < 4.78 is 13.1. The molecule has 0 spiro atoms. The van der Waals surface area contributed by atoms with Gasteiger partial charge in [0.25, 0.3) is 0 Å². The molecule has 0 saturated heterocycles. The number of thioether (sulfide) groups is 1. The smallest absolute Gasteiger partial charge is 0.241 e. The number of nitrogens with zero attached hydrogens (tertiary/aromatic N) is 1. The van der Waals surface area contributed by atoms with Gasteiger partial charge < -0.3 is 10.2 Å². The Labute approximate surface area is 195 Å². The summed E-state index contributed by atoms with van der Waals surface area (Å²) in [6.07, 6.45) is 0. The molecule has 0 unspecified atom stereocenters. The highest BCUT2D eigenvalue weighted by Crippen LogP contribution is 2.42. The lowest BCUT2D eigenvalue weighted by Gasteiger charge is -2.35. The predicted molar refractivity (Wildman–Crippen MR) is 126 cm³/mol. The molecule has 0 bridgehead atoms. The maximum atomic E-state index is 13.5. The predicted octanol–water partition coefficient (Wildman–Crippen LogP) is 5.44. The van der Waals surface area contributed by atoms with Gasteiger partial charge in [0.2, 0.25) is 11.8 Å². The zero-order valence-corrected chi connectivity index (χ0v) is 19.0. The second kappa shape index (κ2) is 9.76. The summed E-state index contributed by atoms with van der Waals surface area (Å²) in [5.74, 6) is -1.21. The molecule has 1 heterocycles. The average molecular weight is 469 g/mol. The quantitative estimate of drug-likeness (QED) is 0.524. The standard InChI is InChI=1S/C25H22ClFN2O2S/c1-16(24(30)28-14-17-9-11-20(27)12-10-17)23-25(31)29(15-18-5-4-6-19(26)13-18)21-7-2-3-8-22(21)32-23/h2-13,16,23H,14-15H2,1H3,(H,28,30)/t16-,23-/m0/s1. The van der Waals surface area contributed by atoms with Crippen molar-refractivity contribution < 1.29 is 14.0 Å². The third-order valence-electron chi connectivity index (χ3n) is 5.40. The van der Waals surface area contributed by atoms with Crippen molar-refractivity contribution in [2.45, 2.75) is 30.2 Å². The first-order valence-corrected chi connectivity index (χ1v) is 11.5. The first-order chi connectivity index (χ1) is 15.4. The number of hydrogen-bond acceptors (Lipinski definition) is 3. The average Bonchev–Trinajstić information content (AvgIpc) is 2.79. The molecule has 2 atom stereocenters. The summed E-state index contributed by atoms with van der Waals surface area (Å²) in [6, 6.07) is 21.1. The zero-order chi connectivity index (χ0) is 22.7. The number of fused-ring (bicyclic) bond motifs is 1. The lowest BCUT2D eigenvalue weighted by Crippen LogP contribution is -2.47. The van der Waals surface area contributed by atoms with Crippen molar-refractivity contribution in [1.82, 2.24) is 5.32 Å². The van der Waals surface area contributed by atoms with Crippen molar-refractivity contribution in [3.63, 3.8) is 0 Å². The second-order valence-corrected chi connectivity index (χ2v) is 9.31. The van der Waals surface area contributed by atoms with Crippen LogP contribution in [0.1, 0.15) is 18.1 Å². The van der Waals surface area contributed by atoms with E-state index in [2.05, 4.69) is 5.32 Å². The summed E-state index contributed by atoms with van der Waals surface area (Å²) in [7, 11) is 0. The number of benzene rings is 3. The van der Waals surface area contributed by atoms with E-state index in [0.29, 0.717) is 11.6 Å². The number of amides is 2. The van der Waals surface area contributed by atoms with Crippen LogP contribution in [0.25, 0.3) is 0 Å². The molecule has 3 aromatic carbocycles. The second-order valence-electron chi connectivity index (χ2n) is 7.69. The first kappa shape index (κ1) is 22.4. The molecule has 7 heteroatoms. The molecule has 0 aromatic heterocycles. The van der Waals surface area contributed by atoms with Crippen molar-refractivity contribution in [1.29, 1.82) is 0 Å². The van der Waals surface area contributed by atoms with E-state index in [1.165, 1.54) is 23.9 Å². The van der Waals surface area contributed by atoms with E-state index in [-0.39, 0.29) is 24.2 Å². The Balaban J connectivity index is 1.52. The van der Waals surface area contributed by atoms with Gasteiger partial charge in [-0.2, -0.15) is 0 Å². The number of carbonyl (C=O) groups is 2. The van der Waals surface area contributed by atoms with E-state index in [0.717, 1.165) is 21.7 Å². The molecule has 1 aliphatic rings. The molecule has 2 amide bonds. The van der Waals surface area contributed by atoms with Crippen molar-refractivity contribution in [2.75, 3.05) is 4.90 Å². The highest BCUT2D eigenvalue weighted by Gasteiger charge is 2.39. The van der Waals surface area contributed by atoms with Crippen LogP contribution in [-0.4, -0.2) is 17.1 Å². The van der Waals surface area contributed by atoms with Crippen molar-refractivity contribution in [3.05, 3.63) is 94.8 Å². The minimum absolute atomic E-state index is 0.113. The molecule has 4 nitrogen and oxygen atoms in total. The van der Waals surface area contributed by atoms with Crippen LogP contribution in [0.3, 0.4) is 0 Å². The zero-order valence-electron chi connectivity index (χ0n) is 17.4. The fourth-order valence-electron chi connectivity index (χ4n) is 3.63. The molecule has 0 aliphatic carbocycles. The molecule has 0 saturated carbocycles. The van der Waals surface area contributed by atoms with Gasteiger partial charge >= 0.3 is 0 Å². The molecule has 164 valence electrons. The van der Waals surface area contributed by atoms with E-state index in [9.17, 15) is 14.0 Å². The molecule has 0 radical (unpaired) electrons. The van der Waals surface area contributed by atoms with Crippen LogP contribution in [0.5, 0.6) is 0 Å². The Morgan fingerprint density at radius 1 is 1.09 bits per heavy atom. The summed E-state index contributed by atoms with van der Waals surface area (Å²) in [4.78, 5) is 29.0. The summed E-state index contributed by atoms with van der Waals surface area (Å²) in [5, 5.41) is 2.92. The Kier molecular flexibility index (Phi) is 6.82. The number of nitrogens with one attached hydrogen (secondary N) is 1. The molecule has 1 aliphatic heterocycles. The van der Waals surface area contributed by atoms with Gasteiger partial charge in [-0.1, -0.05) is 54.9 Å². The Bertz CT molecular complexity index is 1140. The fraction of sp³-hybridized carbons (Fsp3) is 0.200. The molecular formula is C25H22ClFN2O2S. The van der Waals surface area contributed by atoms with Gasteiger partial charge in [0.1, 0.15) is 11.1 Å². The van der Waals surface area contributed by atoms with E-state index in [1.54, 1.807) is 30.0 Å². The van der Waals surface area contributed by atoms with Crippen LogP contribution in [0, 0.1) is 11.7 Å². The molecular weight excluding hydrogens is 447 g/mol. The monoisotopic (exact) mass is 468 g/mol. The van der Waals surface area contributed by atoms with E-state index >= 15 is 0 Å². The normalized spacial score (nSPS) is 16.4. The van der Waals surface area contributed by atoms with Crippen molar-refractivity contribution in [2.24, 2.45) is 5.92 Å². The van der Waals surface area contributed by atoms with Gasteiger partial charge in [-0.3, -0.25) is 9.59 Å². The SMILES string of the molecule is C[C@H](C(=O)NCc1ccc(F)cc1)[C@@H]1Sc2ccccc2N(Cc2cccc(Cl)c2)C1=O. The third kappa shape index (κ3) is 4.97. The van der Waals surface area contributed by atoms with Crippen LogP contribution in [0.2, 0.25) is 5.02 Å². The molecule has 32 heavy (non-hydrogen) atoms. The maximum absolute atomic E-state index is 13.5. The summed E-state index contributed by atoms with van der Waals surface area (Å²) in [6.45, 7) is 2.41. The highest BCUT2D eigenvalue weighted by atomic mass is 35.5. The van der Waals surface area contributed by atoms with E-state index in [4.69, 9.17) is 11.6 Å². The van der Waals surface area contributed by atoms with Gasteiger partial charge in [0.05, 0.1) is 18.2 Å². The van der Waals surface area contributed by atoms with Crippen LogP contribution < -0.4 is 10.2 Å². The minimum Gasteiger partial charge on any atom is -0.352 e. The number of rotatable bonds is 6. The van der Waals surface area contributed by atoms with Crippen LogP contribution in [-0.2, 0) is 22.7 Å². The maximum Gasteiger partial charge on any atom is 0.241 e. The van der Waals surface area contributed by atoms with Crippen LogP contribution >= 0.6 is 23.4 Å². The van der Waals surface area contributed by atoms with E-state index < -0.39 is 11.2 Å². The van der Waals surface area contributed by atoms with E-state index in [1.807, 2.05) is 42.5 Å². The van der Waals surface area contributed by atoms with Gasteiger partial charge in [0.15, 0.2) is 0 Å². The Hall–Kier alpha value is -2.83. The lowest BCUT2D eigenvalue weighted by atomic mass is 10.0. The number of hydrogen-bond donors (Lipinski definition) is 1. The molecule has 4 rings (SSSR count). The topological polar surface area (TPSA) is 49.4 Å². The van der Waals surface area contributed by atoms with Gasteiger partial charge in [-0.05, 0) is 47.5 Å². The molecule has 1 N–H and O–H groups in total.